The molecule has 1 heterocycles. The Kier molecular flexibility index (Phi) is 3.46. The molecule has 1 aliphatic rings. The number of hydrogen-bond donors (Lipinski definition) is 1. The Morgan fingerprint density at radius 1 is 1.71 bits per heavy atom. The number of amidine groups is 1. The summed E-state index contributed by atoms with van der Waals surface area (Å²) in [6.45, 7) is 5.11. The number of carbonyl (C=O) groups is 1. The number of rotatable bonds is 4. The monoisotopic (exact) mass is 199 g/mol. The molecule has 1 rings (SSSR count). The van der Waals surface area contributed by atoms with Crippen LogP contribution in [0, 0.1) is 5.92 Å². The number of amides is 2. The van der Waals surface area contributed by atoms with Crippen LogP contribution in [0.2, 0.25) is 0 Å². The Balaban J connectivity index is 2.75. The van der Waals surface area contributed by atoms with Crippen LogP contribution in [0.1, 0.15) is 13.8 Å². The first kappa shape index (κ1) is 11.0. The van der Waals surface area contributed by atoms with Gasteiger partial charge in [-0.2, -0.15) is 4.99 Å². The Morgan fingerprint density at radius 2 is 2.36 bits per heavy atom. The number of urea groups is 1. The lowest BCUT2D eigenvalue weighted by Crippen LogP contribution is -2.45. The van der Waals surface area contributed by atoms with Crippen molar-refractivity contribution in [3.05, 3.63) is 0 Å². The summed E-state index contributed by atoms with van der Waals surface area (Å²) < 4.78 is 5.04. The highest BCUT2D eigenvalue weighted by Crippen LogP contribution is 2.18. The average Bonchev–Trinajstić information content (AvgIpc) is 2.40. The molecular weight excluding hydrogens is 182 g/mol. The van der Waals surface area contributed by atoms with Crippen LogP contribution in [0.5, 0.6) is 0 Å². The molecule has 2 atom stereocenters. The predicted octanol–water partition coefficient (Wildman–Crippen LogP) is 0.450. The van der Waals surface area contributed by atoms with E-state index in [2.05, 4.69) is 4.99 Å². The number of ether oxygens (including phenoxy) is 1. The fourth-order valence-electron chi connectivity index (χ4n) is 1.80. The van der Waals surface area contributed by atoms with Crippen LogP contribution in [0.15, 0.2) is 4.99 Å². The van der Waals surface area contributed by atoms with E-state index in [4.69, 9.17) is 10.5 Å². The average molecular weight is 199 g/mol. The smallest absolute Gasteiger partial charge is 0.345 e. The van der Waals surface area contributed by atoms with Crippen LogP contribution in [-0.4, -0.2) is 43.1 Å². The number of nitrogens with two attached hydrogens (primary N) is 1. The first-order valence-electron chi connectivity index (χ1n) is 4.75. The van der Waals surface area contributed by atoms with Gasteiger partial charge in [0.05, 0.1) is 12.6 Å². The third kappa shape index (κ3) is 1.87. The number of hydrogen-bond acceptors (Lipinski definition) is 3. The maximum absolute atomic E-state index is 11.4. The third-order valence-electron chi connectivity index (χ3n) is 2.42. The summed E-state index contributed by atoms with van der Waals surface area (Å²) in [6.07, 6.45) is 0. The number of likely N-dealkylation sites (N-methyl/N-ethyl adjacent to an activating group) is 1. The van der Waals surface area contributed by atoms with E-state index in [0.29, 0.717) is 19.0 Å². The molecule has 0 aliphatic carbocycles. The SMILES string of the molecule is CCN1C(=O)N=C(N)C1C(C)COC. The van der Waals surface area contributed by atoms with Gasteiger partial charge in [0.15, 0.2) is 0 Å². The van der Waals surface area contributed by atoms with Crippen molar-refractivity contribution in [1.82, 2.24) is 4.90 Å². The fraction of sp³-hybridized carbons (Fsp3) is 0.778. The molecule has 0 saturated carbocycles. The van der Waals surface area contributed by atoms with Crippen molar-refractivity contribution in [1.29, 1.82) is 0 Å². The van der Waals surface area contributed by atoms with Gasteiger partial charge >= 0.3 is 6.03 Å². The van der Waals surface area contributed by atoms with Gasteiger partial charge in [0.25, 0.3) is 0 Å². The van der Waals surface area contributed by atoms with Crippen LogP contribution in [0.3, 0.4) is 0 Å². The molecule has 5 heteroatoms. The molecule has 0 aromatic carbocycles. The third-order valence-corrected chi connectivity index (χ3v) is 2.42. The van der Waals surface area contributed by atoms with Crippen LogP contribution in [-0.2, 0) is 4.74 Å². The summed E-state index contributed by atoms with van der Waals surface area (Å²) in [7, 11) is 1.64. The van der Waals surface area contributed by atoms with E-state index in [9.17, 15) is 4.79 Å². The van der Waals surface area contributed by atoms with Crippen molar-refractivity contribution in [2.45, 2.75) is 19.9 Å². The molecule has 0 saturated heterocycles. The normalized spacial score (nSPS) is 23.9. The highest BCUT2D eigenvalue weighted by molar-refractivity contribution is 6.02. The van der Waals surface area contributed by atoms with Gasteiger partial charge in [0.1, 0.15) is 5.84 Å². The molecule has 0 aromatic rings. The predicted molar refractivity (Wildman–Crippen MR) is 54.2 cm³/mol. The van der Waals surface area contributed by atoms with Gasteiger partial charge in [-0.1, -0.05) is 6.92 Å². The van der Waals surface area contributed by atoms with Gasteiger partial charge < -0.3 is 15.4 Å². The number of nitrogens with zero attached hydrogens (tertiary/aromatic N) is 2. The maximum atomic E-state index is 11.4. The first-order chi connectivity index (χ1) is 6.61. The topological polar surface area (TPSA) is 67.9 Å². The van der Waals surface area contributed by atoms with E-state index in [1.54, 1.807) is 12.0 Å². The molecule has 0 fully saturated rings. The molecule has 2 N–H and O–H groups in total. The number of methoxy groups -OCH3 is 1. The van der Waals surface area contributed by atoms with Gasteiger partial charge in [0.2, 0.25) is 0 Å². The molecule has 0 radical (unpaired) electrons. The van der Waals surface area contributed by atoms with Gasteiger partial charge in [-0.05, 0) is 6.92 Å². The van der Waals surface area contributed by atoms with Crippen molar-refractivity contribution in [2.24, 2.45) is 16.6 Å². The minimum absolute atomic E-state index is 0.104. The van der Waals surface area contributed by atoms with Crippen LogP contribution < -0.4 is 5.73 Å². The van der Waals surface area contributed by atoms with E-state index < -0.39 is 0 Å². The molecule has 14 heavy (non-hydrogen) atoms. The Morgan fingerprint density at radius 3 is 2.86 bits per heavy atom. The molecule has 0 aromatic heterocycles. The zero-order valence-electron chi connectivity index (χ0n) is 8.86. The molecule has 2 amide bonds. The Labute approximate surface area is 83.9 Å². The largest absolute Gasteiger partial charge is 0.385 e. The summed E-state index contributed by atoms with van der Waals surface area (Å²) in [4.78, 5) is 16.8. The van der Waals surface area contributed by atoms with E-state index in [1.165, 1.54) is 0 Å². The number of aliphatic imine (C=N–C) groups is 1. The Bertz CT molecular complexity index is 252. The van der Waals surface area contributed by atoms with Gasteiger partial charge in [-0.15, -0.1) is 0 Å². The van der Waals surface area contributed by atoms with Crippen molar-refractivity contribution >= 4 is 11.9 Å². The van der Waals surface area contributed by atoms with Gasteiger partial charge in [-0.25, -0.2) is 4.79 Å². The summed E-state index contributed by atoms with van der Waals surface area (Å²) in [6, 6.07) is -0.342. The van der Waals surface area contributed by atoms with E-state index >= 15 is 0 Å². The molecule has 0 spiro atoms. The van der Waals surface area contributed by atoms with Gasteiger partial charge in [0, 0.05) is 19.6 Å². The number of carbonyl (C=O) groups excluding carboxylic acids is 1. The van der Waals surface area contributed by atoms with Gasteiger partial charge in [-0.3, -0.25) is 0 Å². The highest BCUT2D eigenvalue weighted by atomic mass is 16.5. The lowest BCUT2D eigenvalue weighted by Gasteiger charge is -2.27. The van der Waals surface area contributed by atoms with Crippen LogP contribution in [0.4, 0.5) is 4.79 Å². The fourth-order valence-corrected chi connectivity index (χ4v) is 1.80. The van der Waals surface area contributed by atoms with Crippen molar-refractivity contribution in [2.75, 3.05) is 20.3 Å². The summed E-state index contributed by atoms with van der Waals surface area (Å²) in [5, 5.41) is 0. The molecule has 1 aliphatic heterocycles. The van der Waals surface area contributed by atoms with Crippen LogP contribution in [0.25, 0.3) is 0 Å². The lowest BCUT2D eigenvalue weighted by molar-refractivity contribution is 0.125. The molecular formula is C9H17N3O2. The second-order valence-corrected chi connectivity index (χ2v) is 3.48. The molecule has 80 valence electrons. The molecule has 0 bridgehead atoms. The molecule has 5 nitrogen and oxygen atoms in total. The summed E-state index contributed by atoms with van der Waals surface area (Å²) >= 11 is 0. The van der Waals surface area contributed by atoms with Crippen molar-refractivity contribution in [3.8, 4) is 0 Å². The van der Waals surface area contributed by atoms with E-state index in [-0.39, 0.29) is 18.0 Å². The lowest BCUT2D eigenvalue weighted by atomic mass is 10.0. The minimum atomic E-state index is -0.238. The zero-order valence-corrected chi connectivity index (χ0v) is 8.86. The van der Waals surface area contributed by atoms with E-state index in [0.717, 1.165) is 0 Å². The maximum Gasteiger partial charge on any atom is 0.345 e. The summed E-state index contributed by atoms with van der Waals surface area (Å²) in [5.41, 5.74) is 5.70. The molecule has 2 unspecified atom stereocenters. The second kappa shape index (κ2) is 4.41. The first-order valence-corrected chi connectivity index (χ1v) is 4.75. The second-order valence-electron chi connectivity index (χ2n) is 3.48. The van der Waals surface area contributed by atoms with Crippen molar-refractivity contribution < 1.29 is 9.53 Å². The van der Waals surface area contributed by atoms with E-state index in [1.807, 2.05) is 13.8 Å². The van der Waals surface area contributed by atoms with Crippen LogP contribution >= 0.6 is 0 Å². The Hall–Kier alpha value is -1.10. The minimum Gasteiger partial charge on any atom is -0.385 e. The highest BCUT2D eigenvalue weighted by Gasteiger charge is 2.35. The van der Waals surface area contributed by atoms with Crippen molar-refractivity contribution in [3.63, 3.8) is 0 Å². The summed E-state index contributed by atoms with van der Waals surface area (Å²) in [5.74, 6) is 0.580. The standard InChI is InChI=1S/C9H17N3O2/c1-4-12-7(6(2)5-14-3)8(10)11-9(12)13/h6-7H,4-5H2,1-3H3,(H2,10,11,13). The quantitative estimate of drug-likeness (QED) is 0.714. The zero-order chi connectivity index (χ0) is 10.7.